The highest BCUT2D eigenvalue weighted by Crippen LogP contribution is 2.30. The molecule has 6 heteroatoms. The molecule has 3 aromatic rings. The maximum Gasteiger partial charge on any atom is 0.248 e. The molecule has 1 fully saturated rings. The van der Waals surface area contributed by atoms with Gasteiger partial charge in [0.1, 0.15) is 0 Å². The van der Waals surface area contributed by atoms with Crippen molar-refractivity contribution in [3.05, 3.63) is 72.4 Å². The number of nitrogens with one attached hydrogen (secondary N) is 1. The lowest BCUT2D eigenvalue weighted by atomic mass is 10.1. The zero-order chi connectivity index (χ0) is 20.3. The number of hydrogen-bond donors (Lipinski definition) is 1. The van der Waals surface area contributed by atoms with Crippen molar-refractivity contribution in [3.8, 4) is 0 Å². The van der Waals surface area contributed by atoms with E-state index in [1.165, 1.54) is 6.08 Å². The van der Waals surface area contributed by atoms with Gasteiger partial charge < -0.3 is 5.32 Å². The molecule has 0 unspecified atom stereocenters. The van der Waals surface area contributed by atoms with E-state index in [1.54, 1.807) is 36.5 Å². The molecule has 0 saturated heterocycles. The molecular weight excluding hydrogens is 384 g/mol. The van der Waals surface area contributed by atoms with Gasteiger partial charge in [0.15, 0.2) is 9.84 Å². The van der Waals surface area contributed by atoms with Crippen molar-refractivity contribution in [3.63, 3.8) is 0 Å². The summed E-state index contributed by atoms with van der Waals surface area (Å²) in [5.41, 5.74) is 2.25. The normalized spacial score (nSPS) is 15.2. The fourth-order valence-corrected chi connectivity index (χ4v) is 5.59. The smallest absolute Gasteiger partial charge is 0.248 e. The van der Waals surface area contributed by atoms with Gasteiger partial charge in [-0.1, -0.05) is 37.1 Å². The third-order valence-corrected chi connectivity index (χ3v) is 7.55. The number of sulfone groups is 1. The number of hydrogen-bond acceptors (Lipinski definition) is 4. The molecule has 1 saturated carbocycles. The highest BCUT2D eigenvalue weighted by atomic mass is 32.2. The summed E-state index contributed by atoms with van der Waals surface area (Å²) in [6.07, 6.45) is 8.30. The third-order valence-electron chi connectivity index (χ3n) is 5.27. The van der Waals surface area contributed by atoms with Crippen LogP contribution in [0.15, 0.2) is 71.8 Å². The minimum absolute atomic E-state index is 0.278. The number of para-hydroxylation sites is 1. The van der Waals surface area contributed by atoms with Crippen molar-refractivity contribution in [1.29, 1.82) is 0 Å². The van der Waals surface area contributed by atoms with Crippen LogP contribution in [0.3, 0.4) is 0 Å². The summed E-state index contributed by atoms with van der Waals surface area (Å²) in [7, 11) is -3.28. The number of benzene rings is 2. The summed E-state index contributed by atoms with van der Waals surface area (Å²) in [6, 6.07) is 16.1. The number of carbonyl (C=O) groups excluding carboxylic acids is 1. The molecule has 1 aliphatic rings. The van der Waals surface area contributed by atoms with E-state index >= 15 is 0 Å². The topological polar surface area (TPSA) is 76.1 Å². The third kappa shape index (κ3) is 4.22. The van der Waals surface area contributed by atoms with Gasteiger partial charge in [0.2, 0.25) is 5.91 Å². The van der Waals surface area contributed by atoms with Gasteiger partial charge in [0, 0.05) is 28.9 Å². The average Bonchev–Trinajstić information content (AvgIpc) is 3.28. The molecule has 4 rings (SSSR count). The van der Waals surface area contributed by atoms with Crippen molar-refractivity contribution < 1.29 is 13.2 Å². The number of aromatic nitrogens is 1. The predicted octanol–water partition coefficient (Wildman–Crippen LogP) is 4.60. The standard InChI is InChI=1S/C23H22N2O3S/c26-22(15-10-18-6-3-5-17-7-4-16-24-23(17)18)25-19-11-13-21(14-12-19)29(27,28)20-8-1-2-9-20/h3-7,10-16,20H,1-2,8-9H2,(H,25,26)/b15-10+. The fourth-order valence-electron chi connectivity index (χ4n) is 3.73. The van der Waals surface area contributed by atoms with Crippen LogP contribution in [0.25, 0.3) is 17.0 Å². The Morgan fingerprint density at radius 3 is 2.48 bits per heavy atom. The summed E-state index contributed by atoms with van der Waals surface area (Å²) < 4.78 is 25.3. The first kappa shape index (κ1) is 19.3. The zero-order valence-corrected chi connectivity index (χ0v) is 16.7. The zero-order valence-electron chi connectivity index (χ0n) is 15.9. The number of nitrogens with zero attached hydrogens (tertiary/aromatic N) is 1. The van der Waals surface area contributed by atoms with E-state index in [2.05, 4.69) is 10.3 Å². The lowest BCUT2D eigenvalue weighted by Gasteiger charge is -2.11. The molecular formula is C23H22N2O3S. The summed E-state index contributed by atoms with van der Waals surface area (Å²) in [5.74, 6) is -0.288. The minimum Gasteiger partial charge on any atom is -0.323 e. The average molecular weight is 407 g/mol. The number of amides is 1. The SMILES string of the molecule is O=C(/C=C/c1cccc2cccnc12)Nc1ccc(S(=O)(=O)C2CCCC2)cc1. The molecule has 0 aliphatic heterocycles. The van der Waals surface area contributed by atoms with Gasteiger partial charge in [-0.3, -0.25) is 9.78 Å². The first-order valence-corrected chi connectivity index (χ1v) is 11.3. The number of fused-ring (bicyclic) bond motifs is 1. The second-order valence-electron chi connectivity index (χ2n) is 7.22. The van der Waals surface area contributed by atoms with Gasteiger partial charge in [-0.2, -0.15) is 0 Å². The van der Waals surface area contributed by atoms with Gasteiger partial charge in [-0.25, -0.2) is 8.42 Å². The number of anilines is 1. The van der Waals surface area contributed by atoms with Crippen molar-refractivity contribution in [2.45, 2.75) is 35.8 Å². The van der Waals surface area contributed by atoms with E-state index in [-0.39, 0.29) is 11.2 Å². The summed E-state index contributed by atoms with van der Waals surface area (Å²) in [5, 5.41) is 3.50. The Morgan fingerprint density at radius 1 is 1.00 bits per heavy atom. The maximum atomic E-state index is 12.6. The predicted molar refractivity (Wildman–Crippen MR) is 115 cm³/mol. The molecule has 1 aliphatic carbocycles. The number of carbonyl (C=O) groups is 1. The Balaban J connectivity index is 1.45. The minimum atomic E-state index is -3.28. The van der Waals surface area contributed by atoms with Crippen LogP contribution >= 0.6 is 0 Å². The second-order valence-corrected chi connectivity index (χ2v) is 9.45. The molecule has 1 amide bonds. The Labute approximate surface area is 170 Å². The fraction of sp³-hybridized carbons (Fsp3) is 0.217. The van der Waals surface area contributed by atoms with Crippen molar-refractivity contribution in [1.82, 2.24) is 4.98 Å². The van der Waals surface area contributed by atoms with E-state index in [9.17, 15) is 13.2 Å². The molecule has 5 nitrogen and oxygen atoms in total. The Hall–Kier alpha value is -2.99. The van der Waals surface area contributed by atoms with Crippen LogP contribution < -0.4 is 5.32 Å². The van der Waals surface area contributed by atoms with Gasteiger partial charge in [0.25, 0.3) is 0 Å². The maximum absolute atomic E-state index is 12.6. The summed E-state index contributed by atoms with van der Waals surface area (Å²) in [6.45, 7) is 0. The highest BCUT2D eigenvalue weighted by molar-refractivity contribution is 7.92. The quantitative estimate of drug-likeness (QED) is 0.628. The largest absolute Gasteiger partial charge is 0.323 e. The second kappa shape index (κ2) is 8.17. The number of rotatable bonds is 5. The van der Waals surface area contributed by atoms with Gasteiger partial charge in [-0.15, -0.1) is 0 Å². The van der Waals surface area contributed by atoms with Gasteiger partial charge >= 0.3 is 0 Å². The van der Waals surface area contributed by atoms with E-state index < -0.39 is 9.84 Å². The van der Waals surface area contributed by atoms with Crippen LogP contribution in [0.5, 0.6) is 0 Å². The van der Waals surface area contributed by atoms with E-state index in [1.807, 2.05) is 30.3 Å². The molecule has 29 heavy (non-hydrogen) atoms. The summed E-state index contributed by atoms with van der Waals surface area (Å²) in [4.78, 5) is 17.0. The Kier molecular flexibility index (Phi) is 5.45. The molecule has 0 bridgehead atoms. The van der Waals surface area contributed by atoms with Gasteiger partial charge in [0.05, 0.1) is 15.7 Å². The highest BCUT2D eigenvalue weighted by Gasteiger charge is 2.30. The van der Waals surface area contributed by atoms with Gasteiger partial charge in [-0.05, 0) is 49.2 Å². The molecule has 0 atom stereocenters. The molecule has 2 aromatic carbocycles. The van der Waals surface area contributed by atoms with Crippen LogP contribution in [0, 0.1) is 0 Å². The van der Waals surface area contributed by atoms with Crippen LogP contribution in [-0.2, 0) is 14.6 Å². The monoisotopic (exact) mass is 406 g/mol. The van der Waals surface area contributed by atoms with Crippen LogP contribution in [-0.4, -0.2) is 24.6 Å². The summed E-state index contributed by atoms with van der Waals surface area (Å²) >= 11 is 0. The van der Waals surface area contributed by atoms with E-state index in [0.717, 1.165) is 42.1 Å². The van der Waals surface area contributed by atoms with Crippen LogP contribution in [0.2, 0.25) is 0 Å². The van der Waals surface area contributed by atoms with Crippen molar-refractivity contribution >= 4 is 38.4 Å². The Bertz CT molecular complexity index is 1160. The molecule has 0 radical (unpaired) electrons. The van der Waals surface area contributed by atoms with Crippen LogP contribution in [0.4, 0.5) is 5.69 Å². The molecule has 1 heterocycles. The molecule has 1 N–H and O–H groups in total. The van der Waals surface area contributed by atoms with Crippen molar-refractivity contribution in [2.75, 3.05) is 5.32 Å². The molecule has 1 aromatic heterocycles. The van der Waals surface area contributed by atoms with Crippen LogP contribution in [0.1, 0.15) is 31.2 Å². The Morgan fingerprint density at radius 2 is 1.72 bits per heavy atom. The molecule has 148 valence electrons. The van der Waals surface area contributed by atoms with E-state index in [4.69, 9.17) is 0 Å². The number of pyridine rings is 1. The van der Waals surface area contributed by atoms with Crippen molar-refractivity contribution in [2.24, 2.45) is 0 Å². The lowest BCUT2D eigenvalue weighted by molar-refractivity contribution is -0.111. The molecule has 0 spiro atoms. The first-order valence-electron chi connectivity index (χ1n) is 9.71. The first-order chi connectivity index (χ1) is 14.0. The van der Waals surface area contributed by atoms with E-state index in [0.29, 0.717) is 10.6 Å². The lowest BCUT2D eigenvalue weighted by Crippen LogP contribution is -2.17.